The third kappa shape index (κ3) is 3.28. The summed E-state index contributed by atoms with van der Waals surface area (Å²) in [4.78, 5) is 32.3. The molecular weight excluding hydrogens is 383 g/mol. The van der Waals surface area contributed by atoms with E-state index in [4.69, 9.17) is 0 Å². The van der Waals surface area contributed by atoms with Crippen molar-refractivity contribution in [3.05, 3.63) is 66.0 Å². The number of nitrogens with one attached hydrogen (secondary N) is 1. The fraction of sp³-hybridized carbons (Fsp3) is 0.318. The van der Waals surface area contributed by atoms with Crippen LogP contribution in [-0.4, -0.2) is 49.4 Å². The quantitative estimate of drug-likeness (QED) is 0.719. The maximum absolute atomic E-state index is 14.7. The van der Waals surface area contributed by atoms with E-state index >= 15 is 0 Å². The third-order valence-corrected chi connectivity index (χ3v) is 5.87. The van der Waals surface area contributed by atoms with E-state index in [1.54, 1.807) is 43.0 Å². The molecule has 3 atom stereocenters. The number of carbonyl (C=O) groups is 1. The molecule has 3 aromatic rings. The monoisotopic (exact) mass is 404 g/mol. The summed E-state index contributed by atoms with van der Waals surface area (Å²) in [6.07, 6.45) is 8.50. The Morgan fingerprint density at radius 2 is 1.87 bits per heavy atom. The van der Waals surface area contributed by atoms with Crippen LogP contribution in [-0.2, 0) is 0 Å². The van der Waals surface area contributed by atoms with Gasteiger partial charge in [0.1, 0.15) is 5.82 Å². The van der Waals surface area contributed by atoms with E-state index in [9.17, 15) is 9.18 Å². The molecule has 2 aliphatic rings. The number of hydrogen-bond acceptors (Lipinski definition) is 6. The van der Waals surface area contributed by atoms with Gasteiger partial charge in [-0.3, -0.25) is 4.79 Å². The second-order valence-electron chi connectivity index (χ2n) is 7.93. The van der Waals surface area contributed by atoms with Crippen LogP contribution >= 0.6 is 0 Å². The van der Waals surface area contributed by atoms with Crippen LogP contribution in [0.25, 0.3) is 11.4 Å². The number of piperidine rings is 1. The zero-order chi connectivity index (χ0) is 20.7. The van der Waals surface area contributed by atoms with Gasteiger partial charge >= 0.3 is 0 Å². The van der Waals surface area contributed by atoms with Crippen LogP contribution < -0.4 is 5.32 Å². The van der Waals surface area contributed by atoms with Gasteiger partial charge in [0, 0.05) is 37.4 Å². The van der Waals surface area contributed by atoms with Gasteiger partial charge in [-0.25, -0.2) is 24.3 Å². The summed E-state index contributed by atoms with van der Waals surface area (Å²) in [5.41, 5.74) is 1.43. The lowest BCUT2D eigenvalue weighted by atomic mass is 10.0. The lowest BCUT2D eigenvalue weighted by molar-refractivity contribution is 0.0692. The minimum atomic E-state index is -0.501. The van der Waals surface area contributed by atoms with Gasteiger partial charge in [0.05, 0.1) is 17.2 Å². The number of fused-ring (bicyclic) bond motifs is 2. The van der Waals surface area contributed by atoms with E-state index in [1.165, 1.54) is 6.07 Å². The Labute approximate surface area is 173 Å². The number of halogens is 1. The highest BCUT2D eigenvalue weighted by Gasteiger charge is 2.47. The number of likely N-dealkylation sites (tertiary alicyclic amines) is 1. The summed E-state index contributed by atoms with van der Waals surface area (Å²) >= 11 is 0. The molecule has 2 bridgehead atoms. The number of aryl methyl sites for hydroxylation is 1. The van der Waals surface area contributed by atoms with Crippen LogP contribution in [0.4, 0.5) is 10.3 Å². The molecule has 0 radical (unpaired) electrons. The molecule has 3 unspecified atom stereocenters. The lowest BCUT2D eigenvalue weighted by Gasteiger charge is -2.34. The number of rotatable bonds is 4. The van der Waals surface area contributed by atoms with Crippen molar-refractivity contribution in [2.75, 3.05) is 11.9 Å². The molecule has 1 aromatic carbocycles. The van der Waals surface area contributed by atoms with E-state index in [0.717, 1.165) is 18.4 Å². The van der Waals surface area contributed by atoms with E-state index in [2.05, 4.69) is 25.3 Å². The molecule has 1 aliphatic heterocycles. The summed E-state index contributed by atoms with van der Waals surface area (Å²) in [6.45, 7) is 2.61. The van der Waals surface area contributed by atoms with Crippen LogP contribution in [0.3, 0.4) is 0 Å². The summed E-state index contributed by atoms with van der Waals surface area (Å²) in [7, 11) is 0. The van der Waals surface area contributed by atoms with E-state index in [0.29, 0.717) is 24.0 Å². The van der Waals surface area contributed by atoms with Crippen molar-refractivity contribution in [2.45, 2.75) is 31.8 Å². The summed E-state index contributed by atoms with van der Waals surface area (Å²) < 4.78 is 14.7. The number of benzene rings is 1. The van der Waals surface area contributed by atoms with Gasteiger partial charge in [-0.2, -0.15) is 0 Å². The molecule has 30 heavy (non-hydrogen) atoms. The summed E-state index contributed by atoms with van der Waals surface area (Å²) in [5, 5.41) is 3.38. The van der Waals surface area contributed by atoms with Crippen molar-refractivity contribution in [1.82, 2.24) is 24.8 Å². The number of nitrogens with zero attached hydrogens (tertiary/aromatic N) is 5. The minimum absolute atomic E-state index is 0.0141. The van der Waals surface area contributed by atoms with Crippen molar-refractivity contribution < 1.29 is 9.18 Å². The van der Waals surface area contributed by atoms with Crippen LogP contribution in [0.5, 0.6) is 0 Å². The predicted octanol–water partition coefficient (Wildman–Crippen LogP) is 3.10. The molecular formula is C22H21FN6O. The Bertz CT molecular complexity index is 1070. The lowest BCUT2D eigenvalue weighted by Crippen LogP contribution is -2.48. The molecule has 7 nitrogen and oxygen atoms in total. The first-order valence-electron chi connectivity index (χ1n) is 10.0. The van der Waals surface area contributed by atoms with E-state index in [-0.39, 0.29) is 29.4 Å². The molecule has 2 aromatic heterocycles. The fourth-order valence-electron chi connectivity index (χ4n) is 4.56. The first kappa shape index (κ1) is 18.6. The molecule has 152 valence electrons. The number of anilines is 1. The normalized spacial score (nSPS) is 22.3. The van der Waals surface area contributed by atoms with Crippen LogP contribution in [0.15, 0.2) is 49.1 Å². The van der Waals surface area contributed by atoms with Gasteiger partial charge in [-0.1, -0.05) is 6.07 Å². The zero-order valence-corrected chi connectivity index (χ0v) is 16.5. The van der Waals surface area contributed by atoms with Crippen molar-refractivity contribution in [3.63, 3.8) is 0 Å². The maximum atomic E-state index is 14.7. The molecule has 1 saturated heterocycles. The SMILES string of the molecule is Cc1cnc(NC2CC3CC2N(C(=O)c2cccc(F)c2-c2ncccn2)C3)nc1. The van der Waals surface area contributed by atoms with Crippen LogP contribution in [0.1, 0.15) is 28.8 Å². The average Bonchev–Trinajstić information content (AvgIpc) is 3.36. The molecule has 0 spiro atoms. The van der Waals surface area contributed by atoms with Crippen molar-refractivity contribution >= 4 is 11.9 Å². The second kappa shape index (κ2) is 7.44. The van der Waals surface area contributed by atoms with Crippen molar-refractivity contribution in [3.8, 4) is 11.4 Å². The van der Waals surface area contributed by atoms with Crippen LogP contribution in [0.2, 0.25) is 0 Å². The Balaban J connectivity index is 1.42. The fourth-order valence-corrected chi connectivity index (χ4v) is 4.56. The molecule has 1 amide bonds. The molecule has 1 aliphatic carbocycles. The number of amides is 1. The first-order chi connectivity index (χ1) is 14.6. The van der Waals surface area contributed by atoms with Gasteiger partial charge in [-0.05, 0) is 49.4 Å². The highest BCUT2D eigenvalue weighted by atomic mass is 19.1. The maximum Gasteiger partial charge on any atom is 0.255 e. The van der Waals surface area contributed by atoms with E-state index in [1.807, 2.05) is 11.8 Å². The summed E-state index contributed by atoms with van der Waals surface area (Å²) in [6, 6.07) is 6.28. The number of carbonyl (C=O) groups excluding carboxylic acids is 1. The Kier molecular flexibility index (Phi) is 4.61. The molecule has 1 N–H and O–H groups in total. The smallest absolute Gasteiger partial charge is 0.255 e. The molecule has 2 fully saturated rings. The largest absolute Gasteiger partial charge is 0.349 e. The minimum Gasteiger partial charge on any atom is -0.349 e. The summed E-state index contributed by atoms with van der Waals surface area (Å²) in [5.74, 6) is 0.493. The molecule has 8 heteroatoms. The highest BCUT2D eigenvalue weighted by molar-refractivity contribution is 6.00. The van der Waals surface area contributed by atoms with Gasteiger partial charge in [0.15, 0.2) is 5.82 Å². The zero-order valence-electron chi connectivity index (χ0n) is 16.5. The second-order valence-corrected chi connectivity index (χ2v) is 7.93. The standard InChI is InChI=1S/C22H21FN6O/c1-13-10-26-22(27-11-13)28-17-8-14-9-18(17)29(12-14)21(30)15-4-2-5-16(23)19(15)20-24-6-3-7-25-20/h2-7,10-11,14,17-18H,8-9,12H2,1H3,(H,26,27,28). The number of aromatic nitrogens is 4. The molecule has 1 saturated carbocycles. The average molecular weight is 404 g/mol. The van der Waals surface area contributed by atoms with Gasteiger partial charge < -0.3 is 10.2 Å². The Morgan fingerprint density at radius 3 is 2.60 bits per heavy atom. The van der Waals surface area contributed by atoms with Crippen molar-refractivity contribution in [1.29, 1.82) is 0 Å². The van der Waals surface area contributed by atoms with Crippen molar-refractivity contribution in [2.24, 2.45) is 5.92 Å². The number of hydrogen-bond donors (Lipinski definition) is 1. The van der Waals surface area contributed by atoms with Crippen LogP contribution in [0, 0.1) is 18.7 Å². The molecule has 3 heterocycles. The van der Waals surface area contributed by atoms with Gasteiger partial charge in [0.25, 0.3) is 5.91 Å². The third-order valence-electron chi connectivity index (χ3n) is 5.87. The van der Waals surface area contributed by atoms with Gasteiger partial charge in [-0.15, -0.1) is 0 Å². The Morgan fingerprint density at radius 1 is 1.10 bits per heavy atom. The highest BCUT2D eigenvalue weighted by Crippen LogP contribution is 2.40. The van der Waals surface area contributed by atoms with Gasteiger partial charge in [0.2, 0.25) is 5.95 Å². The Hall–Kier alpha value is -3.42. The predicted molar refractivity (Wildman–Crippen MR) is 109 cm³/mol. The van der Waals surface area contributed by atoms with E-state index < -0.39 is 5.82 Å². The molecule has 5 rings (SSSR count). The first-order valence-corrected chi connectivity index (χ1v) is 10.0. The topological polar surface area (TPSA) is 83.9 Å².